The van der Waals surface area contributed by atoms with Crippen molar-refractivity contribution in [3.63, 3.8) is 0 Å². The number of alkyl halides is 3. The highest BCUT2D eigenvalue weighted by molar-refractivity contribution is 7.09. The minimum absolute atomic E-state index is 0.143. The van der Waals surface area contributed by atoms with Gasteiger partial charge in [0, 0.05) is 24.6 Å². The molecule has 4 nitrogen and oxygen atoms in total. The van der Waals surface area contributed by atoms with Crippen LogP contribution in [0, 0.1) is 0 Å². The van der Waals surface area contributed by atoms with Gasteiger partial charge < -0.3 is 11.1 Å². The first-order valence-corrected chi connectivity index (χ1v) is 4.81. The molecule has 1 heterocycles. The highest BCUT2D eigenvalue weighted by Crippen LogP contribution is 2.28. The van der Waals surface area contributed by atoms with Gasteiger partial charge in [-0.25, -0.2) is 0 Å². The second-order valence-corrected chi connectivity index (χ2v) is 3.26. The number of nitrogens with zero attached hydrogens (tertiary/aromatic N) is 2. The van der Waals surface area contributed by atoms with E-state index < -0.39 is 12.0 Å². The highest BCUT2D eigenvalue weighted by atomic mass is 32.1. The molecule has 0 radical (unpaired) electrons. The number of hydrogen-bond donors (Lipinski definition) is 2. The van der Waals surface area contributed by atoms with Gasteiger partial charge in [-0.05, 0) is 0 Å². The summed E-state index contributed by atoms with van der Waals surface area (Å²) in [6, 6.07) is 0. The van der Waals surface area contributed by atoms with Gasteiger partial charge in [0.15, 0.2) is 0 Å². The van der Waals surface area contributed by atoms with Gasteiger partial charge in [-0.1, -0.05) is 12.2 Å². The molecule has 0 aliphatic heterocycles. The Balaban J connectivity index is 2.50. The van der Waals surface area contributed by atoms with Crippen LogP contribution in [0.4, 0.5) is 18.3 Å². The van der Waals surface area contributed by atoms with E-state index >= 15 is 0 Å². The van der Waals surface area contributed by atoms with Gasteiger partial charge in [-0.15, -0.1) is 0 Å². The highest BCUT2D eigenvalue weighted by Gasteiger charge is 2.35. The fourth-order valence-corrected chi connectivity index (χ4v) is 1.33. The minimum Gasteiger partial charge on any atom is -0.357 e. The Morgan fingerprint density at radius 1 is 1.40 bits per heavy atom. The molecular weight excluding hydrogens is 229 g/mol. The van der Waals surface area contributed by atoms with E-state index in [2.05, 4.69) is 14.7 Å². The van der Waals surface area contributed by atoms with Crippen LogP contribution in [0.1, 0.15) is 5.82 Å². The zero-order valence-corrected chi connectivity index (χ0v) is 8.40. The van der Waals surface area contributed by atoms with E-state index in [1.165, 1.54) is 0 Å². The van der Waals surface area contributed by atoms with E-state index in [0.29, 0.717) is 24.6 Å². The summed E-state index contributed by atoms with van der Waals surface area (Å²) in [6.45, 7) is 0.773. The monoisotopic (exact) mass is 238 g/mol. The standard InChI is InChI=1S/C7H9F3N4S/c8-7(9,10)5-13-6(15-14-5)12-4-2-1-3-11/h1-2H,3-4,11H2,(H,12,13,14)/b2-1+. The average molecular weight is 238 g/mol. The zero-order chi connectivity index (χ0) is 11.3. The molecule has 1 rings (SSSR count). The molecule has 0 spiro atoms. The van der Waals surface area contributed by atoms with Gasteiger partial charge in [0.2, 0.25) is 11.0 Å². The Morgan fingerprint density at radius 2 is 2.13 bits per heavy atom. The maximum absolute atomic E-state index is 12.1. The van der Waals surface area contributed by atoms with Gasteiger partial charge in [-0.3, -0.25) is 0 Å². The van der Waals surface area contributed by atoms with Crippen LogP contribution in [0.5, 0.6) is 0 Å². The lowest BCUT2D eigenvalue weighted by molar-refractivity contribution is -0.144. The van der Waals surface area contributed by atoms with Gasteiger partial charge in [0.25, 0.3) is 0 Å². The van der Waals surface area contributed by atoms with Crippen LogP contribution >= 0.6 is 11.5 Å². The Morgan fingerprint density at radius 3 is 2.67 bits per heavy atom. The molecule has 3 N–H and O–H groups in total. The number of hydrogen-bond acceptors (Lipinski definition) is 5. The van der Waals surface area contributed by atoms with Crippen molar-refractivity contribution in [3.05, 3.63) is 18.0 Å². The van der Waals surface area contributed by atoms with Crippen LogP contribution in [-0.2, 0) is 6.18 Å². The molecule has 1 aromatic rings. The van der Waals surface area contributed by atoms with Crippen molar-refractivity contribution in [2.75, 3.05) is 18.4 Å². The van der Waals surface area contributed by atoms with E-state index in [4.69, 9.17) is 5.73 Å². The quantitative estimate of drug-likeness (QED) is 0.780. The molecule has 84 valence electrons. The second-order valence-electron chi connectivity index (χ2n) is 2.51. The average Bonchev–Trinajstić information content (AvgIpc) is 2.60. The molecular formula is C7H9F3N4S. The van der Waals surface area contributed by atoms with Crippen molar-refractivity contribution in [1.82, 2.24) is 9.36 Å². The van der Waals surface area contributed by atoms with Gasteiger partial charge in [0.05, 0.1) is 0 Å². The Labute approximate surface area is 88.2 Å². The van der Waals surface area contributed by atoms with Crippen molar-refractivity contribution in [1.29, 1.82) is 0 Å². The summed E-state index contributed by atoms with van der Waals surface area (Å²) in [4.78, 5) is 3.29. The molecule has 0 saturated carbocycles. The lowest BCUT2D eigenvalue weighted by Gasteiger charge is -1.98. The summed E-state index contributed by atoms with van der Waals surface area (Å²) in [7, 11) is 0. The number of nitrogens with two attached hydrogens (primary N) is 1. The summed E-state index contributed by atoms with van der Waals surface area (Å²) in [5.41, 5.74) is 5.18. The molecule has 0 aromatic carbocycles. The summed E-state index contributed by atoms with van der Waals surface area (Å²) in [6.07, 6.45) is -1.09. The molecule has 0 unspecified atom stereocenters. The number of nitrogens with one attached hydrogen (secondary N) is 1. The first kappa shape index (κ1) is 11.9. The fourth-order valence-electron chi connectivity index (χ4n) is 0.736. The molecule has 0 bridgehead atoms. The smallest absolute Gasteiger partial charge is 0.357 e. The topological polar surface area (TPSA) is 63.8 Å². The Bertz CT molecular complexity index is 333. The molecule has 0 fully saturated rings. The summed E-state index contributed by atoms with van der Waals surface area (Å²) in [5, 5.41) is 2.82. The van der Waals surface area contributed by atoms with Crippen LogP contribution in [0.15, 0.2) is 12.2 Å². The third-order valence-electron chi connectivity index (χ3n) is 1.35. The van der Waals surface area contributed by atoms with Gasteiger partial charge >= 0.3 is 6.18 Å². The van der Waals surface area contributed by atoms with Crippen molar-refractivity contribution < 1.29 is 13.2 Å². The first-order chi connectivity index (χ1) is 7.04. The summed E-state index contributed by atoms with van der Waals surface area (Å²) in [5.74, 6) is -1.11. The van der Waals surface area contributed by atoms with E-state index in [1.54, 1.807) is 12.2 Å². The molecule has 0 aliphatic carbocycles. The van der Waals surface area contributed by atoms with Crippen LogP contribution in [0.2, 0.25) is 0 Å². The summed E-state index contributed by atoms with van der Waals surface area (Å²) >= 11 is 0.677. The number of rotatable bonds is 4. The molecule has 15 heavy (non-hydrogen) atoms. The lowest BCUT2D eigenvalue weighted by atomic mass is 10.5. The normalized spacial score (nSPS) is 12.3. The van der Waals surface area contributed by atoms with E-state index in [9.17, 15) is 13.2 Å². The molecule has 0 atom stereocenters. The van der Waals surface area contributed by atoms with Crippen molar-refractivity contribution in [2.45, 2.75) is 6.18 Å². The fraction of sp³-hybridized carbons (Fsp3) is 0.429. The first-order valence-electron chi connectivity index (χ1n) is 4.04. The third kappa shape index (κ3) is 3.84. The van der Waals surface area contributed by atoms with E-state index in [0.717, 1.165) is 0 Å². The van der Waals surface area contributed by atoms with E-state index in [-0.39, 0.29) is 5.13 Å². The van der Waals surface area contributed by atoms with Gasteiger partial charge in [0.1, 0.15) is 0 Å². The van der Waals surface area contributed by atoms with Crippen molar-refractivity contribution in [2.24, 2.45) is 5.73 Å². The van der Waals surface area contributed by atoms with E-state index in [1.807, 2.05) is 0 Å². The number of halogens is 3. The molecule has 0 amide bonds. The second kappa shape index (κ2) is 5.08. The van der Waals surface area contributed by atoms with Crippen LogP contribution in [0.25, 0.3) is 0 Å². The number of anilines is 1. The zero-order valence-electron chi connectivity index (χ0n) is 7.58. The largest absolute Gasteiger partial charge is 0.452 e. The molecule has 0 saturated heterocycles. The third-order valence-corrected chi connectivity index (χ3v) is 2.03. The predicted molar refractivity (Wildman–Crippen MR) is 51.6 cm³/mol. The maximum Gasteiger partial charge on any atom is 0.452 e. The van der Waals surface area contributed by atoms with Crippen LogP contribution in [-0.4, -0.2) is 22.4 Å². The van der Waals surface area contributed by atoms with Crippen molar-refractivity contribution >= 4 is 16.7 Å². The van der Waals surface area contributed by atoms with Crippen molar-refractivity contribution in [3.8, 4) is 0 Å². The predicted octanol–water partition coefficient (Wildman–Crippen LogP) is 1.48. The van der Waals surface area contributed by atoms with Crippen LogP contribution in [0.3, 0.4) is 0 Å². The molecule has 8 heteroatoms. The Hall–Kier alpha value is -1.15. The van der Waals surface area contributed by atoms with Crippen LogP contribution < -0.4 is 11.1 Å². The SMILES string of the molecule is NC/C=C/CNc1nc(C(F)(F)F)ns1. The molecule has 0 aliphatic rings. The number of aromatic nitrogens is 2. The minimum atomic E-state index is -4.48. The molecule has 1 aromatic heterocycles. The van der Waals surface area contributed by atoms with Gasteiger partial charge in [-0.2, -0.15) is 22.5 Å². The summed E-state index contributed by atoms with van der Waals surface area (Å²) < 4.78 is 39.4. The Kier molecular flexibility index (Phi) is 4.04. The lowest BCUT2D eigenvalue weighted by Crippen LogP contribution is -2.07. The maximum atomic E-state index is 12.1.